The summed E-state index contributed by atoms with van der Waals surface area (Å²) in [6.45, 7) is 0. The molecule has 9 heteroatoms. The largest absolute Gasteiger partial charge is 0.545 e. The molecule has 8 nitrogen and oxygen atoms in total. The Bertz CT molecular complexity index is 1240. The second-order valence-electron chi connectivity index (χ2n) is 6.50. The van der Waals surface area contributed by atoms with Crippen LogP contribution in [-0.4, -0.2) is 23.8 Å². The van der Waals surface area contributed by atoms with E-state index in [1.54, 1.807) is 48.5 Å². The van der Waals surface area contributed by atoms with Gasteiger partial charge in [-0.15, -0.1) is 0 Å². The zero-order valence-corrected chi connectivity index (χ0v) is 17.2. The monoisotopic (exact) mass is 479 g/mol. The third-order valence-corrected chi connectivity index (χ3v) is 5.03. The number of hydrogen-bond donors (Lipinski definition) is 1. The number of benzene rings is 2. The van der Waals surface area contributed by atoms with Gasteiger partial charge in [-0.1, -0.05) is 40.2 Å². The molecule has 0 spiro atoms. The average Bonchev–Trinajstić information content (AvgIpc) is 3.21. The summed E-state index contributed by atoms with van der Waals surface area (Å²) in [7, 11) is 0. The molecule has 154 valence electrons. The Morgan fingerprint density at radius 1 is 0.968 bits per heavy atom. The minimum absolute atomic E-state index is 0.0276. The lowest BCUT2D eigenvalue weighted by Crippen LogP contribution is -2.54. The van der Waals surface area contributed by atoms with Crippen LogP contribution in [0.3, 0.4) is 0 Å². The number of rotatable bonds is 4. The summed E-state index contributed by atoms with van der Waals surface area (Å²) in [6, 6.07) is 14.6. The maximum Gasteiger partial charge on any atom is 0.335 e. The van der Waals surface area contributed by atoms with Gasteiger partial charge in [0.25, 0.3) is 11.8 Å². The Balaban J connectivity index is 1.63. The van der Waals surface area contributed by atoms with E-state index in [0.29, 0.717) is 17.0 Å². The number of urea groups is 1. The first-order chi connectivity index (χ1) is 14.8. The molecule has 1 aromatic heterocycles. The topological polar surface area (TPSA) is 120 Å². The van der Waals surface area contributed by atoms with E-state index in [4.69, 9.17) is 4.42 Å². The number of carbonyl (C=O) groups is 4. The Hall–Kier alpha value is -3.98. The second kappa shape index (κ2) is 8.04. The SMILES string of the molecule is O=C1NC(=O)N(c2ccc(Br)cc2)C(=O)/C1=C\c1ccc(-c2ccc(C(=O)[O-])cc2)o1. The van der Waals surface area contributed by atoms with Gasteiger partial charge >= 0.3 is 6.03 Å². The van der Waals surface area contributed by atoms with Crippen LogP contribution in [-0.2, 0) is 9.59 Å². The lowest BCUT2D eigenvalue weighted by molar-refractivity contribution is -0.255. The fourth-order valence-corrected chi connectivity index (χ4v) is 3.24. The van der Waals surface area contributed by atoms with E-state index in [1.165, 1.54) is 18.2 Å². The lowest BCUT2D eigenvalue weighted by atomic mass is 10.1. The Morgan fingerprint density at radius 2 is 1.65 bits per heavy atom. The van der Waals surface area contributed by atoms with Crippen LogP contribution in [0.15, 0.2) is 75.1 Å². The van der Waals surface area contributed by atoms with E-state index in [1.807, 2.05) is 0 Å². The van der Waals surface area contributed by atoms with Gasteiger partial charge in [0, 0.05) is 10.0 Å². The third-order valence-electron chi connectivity index (χ3n) is 4.51. The quantitative estimate of drug-likeness (QED) is 0.453. The van der Waals surface area contributed by atoms with E-state index in [-0.39, 0.29) is 16.9 Å². The highest BCUT2D eigenvalue weighted by Crippen LogP contribution is 2.26. The lowest BCUT2D eigenvalue weighted by Gasteiger charge is -2.26. The van der Waals surface area contributed by atoms with Crippen molar-refractivity contribution in [3.05, 3.63) is 82.0 Å². The maximum atomic E-state index is 12.9. The van der Waals surface area contributed by atoms with E-state index in [2.05, 4.69) is 21.2 Å². The van der Waals surface area contributed by atoms with Gasteiger partial charge in [0.1, 0.15) is 17.1 Å². The van der Waals surface area contributed by atoms with Gasteiger partial charge in [-0.25, -0.2) is 9.69 Å². The standard InChI is InChI=1S/C22H13BrN2O6/c23-14-5-7-15(8-6-14)25-20(27)17(19(26)24-22(25)30)11-16-9-10-18(31-16)12-1-3-13(4-2-12)21(28)29/h1-11H,(H,28,29)(H,24,26,30)/p-1/b17-11-. The molecule has 1 saturated heterocycles. The fourth-order valence-electron chi connectivity index (χ4n) is 2.98. The van der Waals surface area contributed by atoms with Crippen molar-refractivity contribution in [3.8, 4) is 11.3 Å². The zero-order chi connectivity index (χ0) is 22.1. The number of barbiturate groups is 1. The van der Waals surface area contributed by atoms with Gasteiger partial charge < -0.3 is 14.3 Å². The summed E-state index contributed by atoms with van der Waals surface area (Å²) in [5, 5.41) is 13.0. The van der Waals surface area contributed by atoms with Crippen molar-refractivity contribution in [1.29, 1.82) is 0 Å². The molecule has 0 atom stereocenters. The van der Waals surface area contributed by atoms with E-state index >= 15 is 0 Å². The molecule has 1 aliphatic rings. The van der Waals surface area contributed by atoms with E-state index in [0.717, 1.165) is 9.37 Å². The molecule has 2 heterocycles. The summed E-state index contributed by atoms with van der Waals surface area (Å²) in [5.74, 6) is -2.29. The normalized spacial score (nSPS) is 15.3. The number of nitrogens with zero attached hydrogens (tertiary/aromatic N) is 1. The van der Waals surface area contributed by atoms with Crippen molar-refractivity contribution in [3.63, 3.8) is 0 Å². The molecule has 0 aliphatic carbocycles. The molecule has 3 aromatic rings. The number of hydrogen-bond acceptors (Lipinski definition) is 6. The highest BCUT2D eigenvalue weighted by Gasteiger charge is 2.37. The molecule has 1 fully saturated rings. The molecule has 0 saturated carbocycles. The third kappa shape index (κ3) is 4.03. The first kappa shape index (κ1) is 20.3. The van der Waals surface area contributed by atoms with Crippen LogP contribution in [0, 0.1) is 0 Å². The van der Waals surface area contributed by atoms with Crippen LogP contribution in [0.4, 0.5) is 10.5 Å². The number of carbonyl (C=O) groups excluding carboxylic acids is 4. The van der Waals surface area contributed by atoms with Crippen molar-refractivity contribution in [2.45, 2.75) is 0 Å². The smallest absolute Gasteiger partial charge is 0.335 e. The molecule has 2 aromatic carbocycles. The fraction of sp³-hybridized carbons (Fsp3) is 0. The molecule has 31 heavy (non-hydrogen) atoms. The van der Waals surface area contributed by atoms with Gasteiger partial charge in [-0.3, -0.25) is 14.9 Å². The van der Waals surface area contributed by atoms with Crippen molar-refractivity contribution < 1.29 is 28.7 Å². The van der Waals surface area contributed by atoms with Gasteiger partial charge in [-0.2, -0.15) is 0 Å². The van der Waals surface area contributed by atoms with Crippen LogP contribution < -0.4 is 15.3 Å². The van der Waals surface area contributed by atoms with Crippen molar-refractivity contribution >= 4 is 51.5 Å². The van der Waals surface area contributed by atoms with Crippen LogP contribution in [0.25, 0.3) is 17.4 Å². The first-order valence-electron chi connectivity index (χ1n) is 8.92. The number of carboxylic acid groups (broad SMARTS) is 1. The predicted molar refractivity (Wildman–Crippen MR) is 112 cm³/mol. The molecule has 0 unspecified atom stereocenters. The molecule has 0 radical (unpaired) electrons. The van der Waals surface area contributed by atoms with Crippen LogP contribution in [0.5, 0.6) is 0 Å². The minimum Gasteiger partial charge on any atom is -0.545 e. The zero-order valence-electron chi connectivity index (χ0n) is 15.6. The number of aromatic carboxylic acids is 1. The minimum atomic E-state index is -1.29. The molecule has 1 N–H and O–H groups in total. The summed E-state index contributed by atoms with van der Waals surface area (Å²) >= 11 is 3.28. The second-order valence-corrected chi connectivity index (χ2v) is 7.42. The van der Waals surface area contributed by atoms with Crippen LogP contribution in [0.1, 0.15) is 16.1 Å². The first-order valence-corrected chi connectivity index (χ1v) is 9.71. The number of furan rings is 1. The van der Waals surface area contributed by atoms with Gasteiger partial charge in [0.05, 0.1) is 11.7 Å². The van der Waals surface area contributed by atoms with Crippen molar-refractivity contribution in [2.75, 3.05) is 4.90 Å². The van der Waals surface area contributed by atoms with Gasteiger partial charge in [-0.05, 0) is 48.0 Å². The van der Waals surface area contributed by atoms with Crippen molar-refractivity contribution in [2.24, 2.45) is 0 Å². The van der Waals surface area contributed by atoms with Crippen LogP contribution in [0.2, 0.25) is 0 Å². The van der Waals surface area contributed by atoms with E-state index in [9.17, 15) is 24.3 Å². The highest BCUT2D eigenvalue weighted by molar-refractivity contribution is 9.10. The van der Waals surface area contributed by atoms with Gasteiger partial charge in [0.2, 0.25) is 0 Å². The molecular weight excluding hydrogens is 468 g/mol. The Morgan fingerprint density at radius 3 is 2.29 bits per heavy atom. The number of halogens is 1. The number of imide groups is 2. The molecule has 4 amide bonds. The number of nitrogens with one attached hydrogen (secondary N) is 1. The summed E-state index contributed by atoms with van der Waals surface area (Å²) in [6.07, 6.45) is 1.25. The van der Waals surface area contributed by atoms with E-state index < -0.39 is 23.8 Å². The molecule has 0 bridgehead atoms. The Kier molecular flexibility index (Phi) is 5.26. The van der Waals surface area contributed by atoms with Gasteiger partial charge in [0.15, 0.2) is 0 Å². The summed E-state index contributed by atoms with van der Waals surface area (Å²) < 4.78 is 6.44. The summed E-state index contributed by atoms with van der Waals surface area (Å²) in [5.41, 5.74) is 0.661. The van der Waals surface area contributed by atoms with Crippen LogP contribution >= 0.6 is 15.9 Å². The van der Waals surface area contributed by atoms with Crippen molar-refractivity contribution in [1.82, 2.24) is 5.32 Å². The molecule has 1 aliphatic heterocycles. The number of amides is 4. The average molecular weight is 480 g/mol. The number of carboxylic acids is 1. The highest BCUT2D eigenvalue weighted by atomic mass is 79.9. The molecule has 4 rings (SSSR count). The predicted octanol–water partition coefficient (Wildman–Crippen LogP) is 2.74. The molecular formula is C22H12BrN2O6-. The number of anilines is 1. The summed E-state index contributed by atoms with van der Waals surface area (Å²) in [4.78, 5) is 49.1. The Labute approximate surface area is 183 Å². The maximum absolute atomic E-state index is 12.9.